The minimum Gasteiger partial charge on any atom is -0.496 e. The van der Waals surface area contributed by atoms with Gasteiger partial charge in [0.15, 0.2) is 4.96 Å². The van der Waals surface area contributed by atoms with Gasteiger partial charge in [-0.15, -0.1) is 11.3 Å². The Balaban J connectivity index is 2.27. The fourth-order valence-electron chi connectivity index (χ4n) is 2.30. The molecular formula is C15H13N3OS. The largest absolute Gasteiger partial charge is 0.496 e. The molecule has 0 amide bonds. The number of para-hydroxylation sites is 1. The zero-order valence-electron chi connectivity index (χ0n) is 11.3. The average molecular weight is 283 g/mol. The van der Waals surface area contributed by atoms with Crippen molar-refractivity contribution >= 4 is 16.3 Å². The Hall–Kier alpha value is -2.32. The van der Waals surface area contributed by atoms with Gasteiger partial charge in [0, 0.05) is 16.6 Å². The van der Waals surface area contributed by atoms with Crippen LogP contribution >= 0.6 is 11.3 Å². The zero-order valence-corrected chi connectivity index (χ0v) is 12.1. The Bertz CT molecular complexity index is 810. The molecule has 0 saturated heterocycles. The van der Waals surface area contributed by atoms with Crippen LogP contribution in [0.25, 0.3) is 16.2 Å². The first-order chi connectivity index (χ1) is 9.74. The van der Waals surface area contributed by atoms with Crippen LogP contribution in [0.1, 0.15) is 10.6 Å². The highest BCUT2D eigenvalue weighted by molar-refractivity contribution is 7.17. The predicted octanol–water partition coefficient (Wildman–Crippen LogP) is 3.45. The smallest absolute Gasteiger partial charge is 0.194 e. The molecule has 20 heavy (non-hydrogen) atoms. The van der Waals surface area contributed by atoms with E-state index in [9.17, 15) is 0 Å². The number of nitrogens with zero attached hydrogens (tertiary/aromatic N) is 3. The number of fused-ring (bicyclic) bond motifs is 1. The Kier molecular flexibility index (Phi) is 3.17. The molecule has 5 heteroatoms. The number of methoxy groups -OCH3 is 1. The zero-order chi connectivity index (χ0) is 14.1. The monoisotopic (exact) mass is 283 g/mol. The first-order valence-corrected chi connectivity index (χ1v) is 7.04. The third kappa shape index (κ3) is 1.95. The average Bonchev–Trinajstić information content (AvgIpc) is 2.97. The summed E-state index contributed by atoms with van der Waals surface area (Å²) in [5, 5.41) is 9.08. The van der Waals surface area contributed by atoms with Crippen molar-refractivity contribution in [3.63, 3.8) is 0 Å². The van der Waals surface area contributed by atoms with Crippen LogP contribution in [0.5, 0.6) is 5.75 Å². The lowest BCUT2D eigenvalue weighted by atomic mass is 10.1. The van der Waals surface area contributed by atoms with Crippen LogP contribution in [-0.4, -0.2) is 16.5 Å². The number of nitriles is 1. The molecule has 0 N–H and O–H groups in total. The number of ether oxygens (including phenoxy) is 1. The first-order valence-electron chi connectivity index (χ1n) is 6.22. The van der Waals surface area contributed by atoms with E-state index in [1.54, 1.807) is 18.4 Å². The van der Waals surface area contributed by atoms with E-state index in [4.69, 9.17) is 10.00 Å². The van der Waals surface area contributed by atoms with Crippen molar-refractivity contribution in [1.29, 1.82) is 5.26 Å². The number of aryl methyl sites for hydroxylation is 1. The van der Waals surface area contributed by atoms with Crippen molar-refractivity contribution in [1.82, 2.24) is 9.38 Å². The summed E-state index contributed by atoms with van der Waals surface area (Å²) >= 11 is 1.62. The van der Waals surface area contributed by atoms with Crippen molar-refractivity contribution in [3.8, 4) is 23.1 Å². The Morgan fingerprint density at radius 2 is 2.20 bits per heavy atom. The topological polar surface area (TPSA) is 50.3 Å². The van der Waals surface area contributed by atoms with Gasteiger partial charge in [-0.3, -0.25) is 4.40 Å². The highest BCUT2D eigenvalue weighted by Crippen LogP contribution is 2.34. The second-order valence-corrected chi connectivity index (χ2v) is 5.65. The van der Waals surface area contributed by atoms with E-state index in [1.165, 1.54) is 4.88 Å². The van der Waals surface area contributed by atoms with E-state index < -0.39 is 0 Å². The van der Waals surface area contributed by atoms with Gasteiger partial charge in [-0.05, 0) is 19.1 Å². The molecule has 100 valence electrons. The van der Waals surface area contributed by atoms with E-state index in [-0.39, 0.29) is 0 Å². The normalized spacial score (nSPS) is 10.7. The van der Waals surface area contributed by atoms with Crippen molar-refractivity contribution in [2.45, 2.75) is 13.3 Å². The van der Waals surface area contributed by atoms with E-state index >= 15 is 0 Å². The maximum atomic E-state index is 9.08. The summed E-state index contributed by atoms with van der Waals surface area (Å²) in [6.45, 7) is 2.04. The molecule has 4 nitrogen and oxygen atoms in total. The first kappa shape index (κ1) is 12.7. The summed E-state index contributed by atoms with van der Waals surface area (Å²) in [7, 11) is 1.64. The summed E-state index contributed by atoms with van der Waals surface area (Å²) in [4.78, 5) is 6.77. The maximum Gasteiger partial charge on any atom is 0.194 e. The van der Waals surface area contributed by atoms with Gasteiger partial charge < -0.3 is 4.74 Å². The molecule has 1 aromatic carbocycles. The number of rotatable bonds is 3. The van der Waals surface area contributed by atoms with Crippen LogP contribution < -0.4 is 4.74 Å². The van der Waals surface area contributed by atoms with E-state index in [0.29, 0.717) is 6.42 Å². The van der Waals surface area contributed by atoms with Crippen LogP contribution in [0.3, 0.4) is 0 Å². The van der Waals surface area contributed by atoms with Crippen molar-refractivity contribution in [2.75, 3.05) is 7.11 Å². The number of thiazole rings is 1. The van der Waals surface area contributed by atoms with Crippen LogP contribution in [0.15, 0.2) is 30.5 Å². The quantitative estimate of drug-likeness (QED) is 0.739. The van der Waals surface area contributed by atoms with Gasteiger partial charge in [0.1, 0.15) is 5.75 Å². The molecule has 0 unspecified atom stereocenters. The molecule has 0 aliphatic heterocycles. The molecule has 0 fully saturated rings. The Labute approximate surface area is 120 Å². The molecule has 0 aliphatic rings. The molecule has 0 saturated carbocycles. The molecule has 0 atom stereocenters. The van der Waals surface area contributed by atoms with Crippen molar-refractivity contribution in [3.05, 3.63) is 41.0 Å². The van der Waals surface area contributed by atoms with E-state index in [1.807, 2.05) is 41.8 Å². The lowest BCUT2D eigenvalue weighted by Crippen LogP contribution is -1.94. The number of hydrogen-bond donors (Lipinski definition) is 0. The molecular weight excluding hydrogens is 270 g/mol. The SMILES string of the molecule is COc1ccccc1-c1nc2sc(C)cn2c1CC#N. The Morgan fingerprint density at radius 3 is 2.95 bits per heavy atom. The molecule has 0 spiro atoms. The van der Waals surface area contributed by atoms with Gasteiger partial charge in [0.05, 0.1) is 31.0 Å². The molecule has 0 radical (unpaired) electrons. The van der Waals surface area contributed by atoms with Crippen LogP contribution in [-0.2, 0) is 6.42 Å². The summed E-state index contributed by atoms with van der Waals surface area (Å²) in [5.74, 6) is 0.772. The fourth-order valence-corrected chi connectivity index (χ4v) is 3.14. The number of aromatic nitrogens is 2. The summed E-state index contributed by atoms with van der Waals surface area (Å²) in [6, 6.07) is 9.98. The summed E-state index contributed by atoms with van der Waals surface area (Å²) in [6.07, 6.45) is 2.35. The molecule has 2 heterocycles. The molecule has 0 aliphatic carbocycles. The lowest BCUT2D eigenvalue weighted by Gasteiger charge is -2.07. The molecule has 0 bridgehead atoms. The van der Waals surface area contributed by atoms with Crippen molar-refractivity contribution < 1.29 is 4.74 Å². The molecule has 3 rings (SSSR count). The van der Waals surface area contributed by atoms with Gasteiger partial charge in [-0.1, -0.05) is 12.1 Å². The summed E-state index contributed by atoms with van der Waals surface area (Å²) in [5.41, 5.74) is 2.67. The van der Waals surface area contributed by atoms with Crippen LogP contribution in [0.2, 0.25) is 0 Å². The predicted molar refractivity (Wildman–Crippen MR) is 79.1 cm³/mol. The van der Waals surface area contributed by atoms with Crippen molar-refractivity contribution in [2.24, 2.45) is 0 Å². The fraction of sp³-hybridized carbons (Fsp3) is 0.200. The number of hydrogen-bond acceptors (Lipinski definition) is 4. The third-order valence-corrected chi connectivity index (χ3v) is 4.05. The van der Waals surface area contributed by atoms with Crippen LogP contribution in [0.4, 0.5) is 0 Å². The van der Waals surface area contributed by atoms with Crippen LogP contribution in [0, 0.1) is 18.3 Å². The van der Waals surface area contributed by atoms with Gasteiger partial charge >= 0.3 is 0 Å². The standard InChI is InChI=1S/C15H13N3OS/c1-10-9-18-12(7-8-16)14(17-15(18)20-10)11-5-3-4-6-13(11)19-2/h3-6,9H,7H2,1-2H3. The van der Waals surface area contributed by atoms with Gasteiger partial charge in [-0.25, -0.2) is 4.98 Å². The van der Waals surface area contributed by atoms with Gasteiger partial charge in [0.25, 0.3) is 0 Å². The minimum atomic E-state index is 0.324. The highest BCUT2D eigenvalue weighted by atomic mass is 32.1. The number of benzene rings is 1. The highest BCUT2D eigenvalue weighted by Gasteiger charge is 2.18. The maximum absolute atomic E-state index is 9.08. The van der Waals surface area contributed by atoms with Gasteiger partial charge in [-0.2, -0.15) is 5.26 Å². The number of imidazole rings is 1. The second kappa shape index (κ2) is 4.99. The molecule has 2 aromatic heterocycles. The lowest BCUT2D eigenvalue weighted by molar-refractivity contribution is 0.416. The van der Waals surface area contributed by atoms with E-state index in [2.05, 4.69) is 11.1 Å². The minimum absolute atomic E-state index is 0.324. The van der Waals surface area contributed by atoms with E-state index in [0.717, 1.165) is 27.7 Å². The molecule has 3 aromatic rings. The summed E-state index contributed by atoms with van der Waals surface area (Å²) < 4.78 is 7.41. The Morgan fingerprint density at radius 1 is 1.40 bits per heavy atom. The third-order valence-electron chi connectivity index (χ3n) is 3.15. The van der Waals surface area contributed by atoms with Gasteiger partial charge in [0.2, 0.25) is 0 Å². The second-order valence-electron chi connectivity index (χ2n) is 4.44.